The summed E-state index contributed by atoms with van der Waals surface area (Å²) in [4.78, 5) is 6.66. The molecular formula is C13H17N3. The second-order valence-corrected chi connectivity index (χ2v) is 4.72. The fraction of sp³-hybridized carbons (Fsp3) is 0.538. The molecule has 3 heteroatoms. The van der Waals surface area contributed by atoms with Gasteiger partial charge in [0.05, 0.1) is 11.8 Å². The Hall–Kier alpha value is -1.40. The molecule has 1 aliphatic rings. The van der Waals surface area contributed by atoms with Gasteiger partial charge in [-0.2, -0.15) is 5.26 Å². The summed E-state index contributed by atoms with van der Waals surface area (Å²) < 4.78 is 0. The molecule has 84 valence electrons. The predicted molar refractivity (Wildman–Crippen MR) is 63.0 cm³/mol. The van der Waals surface area contributed by atoms with Gasteiger partial charge in [-0.05, 0) is 57.6 Å². The zero-order valence-corrected chi connectivity index (χ0v) is 9.90. The second kappa shape index (κ2) is 4.23. The maximum Gasteiger partial charge on any atom is 0.102 e. The molecule has 0 aliphatic carbocycles. The first-order valence-electron chi connectivity index (χ1n) is 5.69. The van der Waals surface area contributed by atoms with Gasteiger partial charge in [0.25, 0.3) is 0 Å². The van der Waals surface area contributed by atoms with Crippen molar-refractivity contribution in [3.63, 3.8) is 0 Å². The molecule has 2 rings (SSSR count). The normalized spacial score (nSPS) is 20.3. The van der Waals surface area contributed by atoms with E-state index in [9.17, 15) is 5.26 Å². The lowest BCUT2D eigenvalue weighted by molar-refractivity contribution is 0.219. The van der Waals surface area contributed by atoms with Gasteiger partial charge in [0.15, 0.2) is 0 Å². The van der Waals surface area contributed by atoms with Crippen LogP contribution in [0.25, 0.3) is 0 Å². The number of piperidine rings is 1. The van der Waals surface area contributed by atoms with Crippen molar-refractivity contribution in [2.45, 2.75) is 25.2 Å². The molecule has 0 N–H and O–H groups in total. The maximum absolute atomic E-state index is 9.46. The summed E-state index contributed by atoms with van der Waals surface area (Å²) in [5, 5.41) is 9.46. The third kappa shape index (κ3) is 1.94. The van der Waals surface area contributed by atoms with E-state index in [1.54, 1.807) is 0 Å². The lowest BCUT2D eigenvalue weighted by Crippen LogP contribution is -2.40. The highest BCUT2D eigenvalue weighted by Crippen LogP contribution is 2.33. The van der Waals surface area contributed by atoms with E-state index in [1.165, 1.54) is 5.56 Å². The quantitative estimate of drug-likeness (QED) is 0.718. The standard InChI is InChI=1S/C13H17N3/c1-11-3-6-15-12(9-11)13(10-14)4-7-16(2)8-5-13/h3,6,9H,4-5,7-8H2,1-2H3. The average Bonchev–Trinajstić information content (AvgIpc) is 2.31. The van der Waals surface area contributed by atoms with Gasteiger partial charge in [0, 0.05) is 6.20 Å². The van der Waals surface area contributed by atoms with Gasteiger partial charge < -0.3 is 4.90 Å². The molecule has 1 fully saturated rings. The van der Waals surface area contributed by atoms with Crippen molar-refractivity contribution in [1.82, 2.24) is 9.88 Å². The molecule has 0 bridgehead atoms. The minimum atomic E-state index is -0.363. The van der Waals surface area contributed by atoms with Crippen LogP contribution < -0.4 is 0 Å². The highest BCUT2D eigenvalue weighted by atomic mass is 15.1. The molecule has 0 amide bonds. The lowest BCUT2D eigenvalue weighted by Gasteiger charge is -2.35. The minimum Gasteiger partial charge on any atom is -0.306 e. The topological polar surface area (TPSA) is 39.9 Å². The summed E-state index contributed by atoms with van der Waals surface area (Å²) in [6.07, 6.45) is 3.58. The first kappa shape index (κ1) is 11.1. The SMILES string of the molecule is Cc1ccnc(C2(C#N)CCN(C)CC2)c1. The van der Waals surface area contributed by atoms with Crippen molar-refractivity contribution in [2.24, 2.45) is 0 Å². The molecular weight excluding hydrogens is 198 g/mol. The van der Waals surface area contributed by atoms with Gasteiger partial charge in [-0.15, -0.1) is 0 Å². The Morgan fingerprint density at radius 2 is 2.12 bits per heavy atom. The predicted octanol–water partition coefficient (Wildman–Crippen LogP) is 1.88. The van der Waals surface area contributed by atoms with Crippen LogP contribution in [0.15, 0.2) is 18.3 Å². The van der Waals surface area contributed by atoms with Crippen LogP contribution >= 0.6 is 0 Å². The number of hydrogen-bond acceptors (Lipinski definition) is 3. The van der Waals surface area contributed by atoms with E-state index >= 15 is 0 Å². The van der Waals surface area contributed by atoms with Crippen LogP contribution in [0.4, 0.5) is 0 Å². The van der Waals surface area contributed by atoms with Gasteiger partial charge in [0.2, 0.25) is 0 Å². The summed E-state index contributed by atoms with van der Waals surface area (Å²) in [5.41, 5.74) is 1.76. The molecule has 0 aromatic carbocycles. The third-order valence-electron chi connectivity index (χ3n) is 3.46. The largest absolute Gasteiger partial charge is 0.306 e. The van der Waals surface area contributed by atoms with Crippen LogP contribution in [0.1, 0.15) is 24.1 Å². The van der Waals surface area contributed by atoms with Gasteiger partial charge in [-0.25, -0.2) is 0 Å². The Kier molecular flexibility index (Phi) is 2.93. The van der Waals surface area contributed by atoms with E-state index in [1.807, 2.05) is 19.2 Å². The van der Waals surface area contributed by atoms with E-state index in [-0.39, 0.29) is 5.41 Å². The molecule has 1 aromatic heterocycles. The van der Waals surface area contributed by atoms with Gasteiger partial charge >= 0.3 is 0 Å². The Morgan fingerprint density at radius 3 is 2.69 bits per heavy atom. The molecule has 3 nitrogen and oxygen atoms in total. The minimum absolute atomic E-state index is 0.363. The number of likely N-dealkylation sites (tertiary alicyclic amines) is 1. The van der Waals surface area contributed by atoms with E-state index < -0.39 is 0 Å². The fourth-order valence-corrected chi connectivity index (χ4v) is 2.22. The first-order valence-corrected chi connectivity index (χ1v) is 5.69. The summed E-state index contributed by atoms with van der Waals surface area (Å²) >= 11 is 0. The monoisotopic (exact) mass is 215 g/mol. The highest BCUT2D eigenvalue weighted by molar-refractivity contribution is 5.30. The number of hydrogen-bond donors (Lipinski definition) is 0. The fourth-order valence-electron chi connectivity index (χ4n) is 2.22. The van der Waals surface area contributed by atoms with Crippen LogP contribution in [0.3, 0.4) is 0 Å². The molecule has 0 saturated carbocycles. The zero-order chi connectivity index (χ0) is 11.6. The van der Waals surface area contributed by atoms with Crippen molar-refractivity contribution >= 4 is 0 Å². The highest BCUT2D eigenvalue weighted by Gasteiger charge is 2.36. The number of nitrogens with zero attached hydrogens (tertiary/aromatic N) is 3. The number of nitriles is 1. The molecule has 0 atom stereocenters. The summed E-state index contributed by atoms with van der Waals surface area (Å²) in [7, 11) is 2.10. The molecule has 0 radical (unpaired) electrons. The zero-order valence-electron chi connectivity index (χ0n) is 9.90. The third-order valence-corrected chi connectivity index (χ3v) is 3.46. The molecule has 1 saturated heterocycles. The number of pyridine rings is 1. The summed E-state index contributed by atoms with van der Waals surface area (Å²) in [6, 6.07) is 6.52. The van der Waals surface area contributed by atoms with Crippen molar-refractivity contribution in [3.05, 3.63) is 29.6 Å². The Morgan fingerprint density at radius 1 is 1.44 bits per heavy atom. The van der Waals surface area contributed by atoms with Crippen LogP contribution in [-0.2, 0) is 5.41 Å². The van der Waals surface area contributed by atoms with Crippen molar-refractivity contribution in [1.29, 1.82) is 5.26 Å². The molecule has 16 heavy (non-hydrogen) atoms. The molecule has 0 unspecified atom stereocenters. The Balaban J connectivity index is 2.32. The molecule has 2 heterocycles. The Labute approximate surface area is 96.7 Å². The van der Waals surface area contributed by atoms with Crippen LogP contribution in [0.5, 0.6) is 0 Å². The molecule has 1 aromatic rings. The van der Waals surface area contributed by atoms with E-state index in [0.717, 1.165) is 31.6 Å². The second-order valence-electron chi connectivity index (χ2n) is 4.72. The van der Waals surface area contributed by atoms with E-state index in [4.69, 9.17) is 0 Å². The first-order chi connectivity index (χ1) is 7.66. The lowest BCUT2D eigenvalue weighted by atomic mass is 9.76. The van der Waals surface area contributed by atoms with Crippen molar-refractivity contribution in [3.8, 4) is 6.07 Å². The molecule has 1 aliphatic heterocycles. The van der Waals surface area contributed by atoms with E-state index in [2.05, 4.69) is 29.1 Å². The van der Waals surface area contributed by atoms with Gasteiger partial charge in [0.1, 0.15) is 5.41 Å². The van der Waals surface area contributed by atoms with Gasteiger partial charge in [-0.1, -0.05) is 0 Å². The van der Waals surface area contributed by atoms with Crippen molar-refractivity contribution < 1.29 is 0 Å². The summed E-state index contributed by atoms with van der Waals surface area (Å²) in [6.45, 7) is 4.00. The summed E-state index contributed by atoms with van der Waals surface area (Å²) in [5.74, 6) is 0. The molecule has 0 spiro atoms. The maximum atomic E-state index is 9.46. The van der Waals surface area contributed by atoms with E-state index in [0.29, 0.717) is 0 Å². The van der Waals surface area contributed by atoms with Crippen LogP contribution in [-0.4, -0.2) is 30.0 Å². The average molecular weight is 215 g/mol. The number of aromatic nitrogens is 1. The van der Waals surface area contributed by atoms with Crippen LogP contribution in [0, 0.1) is 18.3 Å². The smallest absolute Gasteiger partial charge is 0.102 e. The van der Waals surface area contributed by atoms with Crippen molar-refractivity contribution in [2.75, 3.05) is 20.1 Å². The number of rotatable bonds is 1. The Bertz CT molecular complexity index is 411. The van der Waals surface area contributed by atoms with Crippen LogP contribution in [0.2, 0.25) is 0 Å². The van der Waals surface area contributed by atoms with Gasteiger partial charge in [-0.3, -0.25) is 4.98 Å². The number of aryl methyl sites for hydroxylation is 1.